The Labute approximate surface area is 116 Å². The van der Waals surface area contributed by atoms with Gasteiger partial charge in [-0.1, -0.05) is 24.3 Å². The van der Waals surface area contributed by atoms with Gasteiger partial charge in [-0.3, -0.25) is 0 Å². The zero-order valence-electron chi connectivity index (χ0n) is 12.3. The minimum atomic E-state index is -0.0594. The minimum absolute atomic E-state index is 0.0594. The highest BCUT2D eigenvalue weighted by atomic mass is 16.5. The van der Waals surface area contributed by atoms with Crippen LogP contribution in [0, 0.1) is 0 Å². The van der Waals surface area contributed by atoms with E-state index in [0.717, 1.165) is 25.1 Å². The minimum Gasteiger partial charge on any atom is -0.497 e. The van der Waals surface area contributed by atoms with E-state index in [1.807, 2.05) is 19.1 Å². The predicted molar refractivity (Wildman–Crippen MR) is 81.6 cm³/mol. The standard InChI is InChI=1S/C16H26N2O/c1-4-5-6-11-18-16(2,13-17)12-14-7-9-15(19-3)10-8-14/h4-5,7-10,18H,6,11-13,17H2,1-3H3/b5-4+. The molecule has 0 fully saturated rings. The van der Waals surface area contributed by atoms with E-state index in [1.165, 1.54) is 5.56 Å². The summed E-state index contributed by atoms with van der Waals surface area (Å²) >= 11 is 0. The van der Waals surface area contributed by atoms with Crippen LogP contribution in [0.2, 0.25) is 0 Å². The molecule has 0 saturated carbocycles. The summed E-state index contributed by atoms with van der Waals surface area (Å²) in [6, 6.07) is 8.18. The summed E-state index contributed by atoms with van der Waals surface area (Å²) in [6.45, 7) is 5.79. The van der Waals surface area contributed by atoms with Gasteiger partial charge >= 0.3 is 0 Å². The van der Waals surface area contributed by atoms with Gasteiger partial charge in [0.25, 0.3) is 0 Å². The second kappa shape index (κ2) is 7.97. The Morgan fingerprint density at radius 3 is 2.53 bits per heavy atom. The highest BCUT2D eigenvalue weighted by Crippen LogP contribution is 2.16. The van der Waals surface area contributed by atoms with Gasteiger partial charge in [-0.15, -0.1) is 0 Å². The molecule has 0 aliphatic heterocycles. The van der Waals surface area contributed by atoms with Crippen molar-refractivity contribution in [2.24, 2.45) is 5.73 Å². The Morgan fingerprint density at radius 1 is 1.32 bits per heavy atom. The van der Waals surface area contributed by atoms with Crippen LogP contribution in [-0.2, 0) is 6.42 Å². The molecule has 1 rings (SSSR count). The van der Waals surface area contributed by atoms with Gasteiger partial charge in [0.1, 0.15) is 5.75 Å². The second-order valence-corrected chi connectivity index (χ2v) is 5.07. The van der Waals surface area contributed by atoms with E-state index in [2.05, 4.69) is 36.5 Å². The van der Waals surface area contributed by atoms with Crippen molar-refractivity contribution in [2.75, 3.05) is 20.2 Å². The molecule has 0 radical (unpaired) electrons. The van der Waals surface area contributed by atoms with Crippen molar-refractivity contribution >= 4 is 0 Å². The molecule has 0 aliphatic carbocycles. The Kier molecular flexibility index (Phi) is 6.60. The molecule has 0 amide bonds. The van der Waals surface area contributed by atoms with Gasteiger partial charge < -0.3 is 15.8 Å². The number of allylic oxidation sites excluding steroid dienone is 1. The summed E-state index contributed by atoms with van der Waals surface area (Å²) < 4.78 is 5.17. The van der Waals surface area contributed by atoms with E-state index < -0.39 is 0 Å². The third-order valence-electron chi connectivity index (χ3n) is 3.30. The lowest BCUT2D eigenvalue weighted by atomic mass is 9.92. The highest BCUT2D eigenvalue weighted by molar-refractivity contribution is 5.28. The van der Waals surface area contributed by atoms with E-state index in [-0.39, 0.29) is 5.54 Å². The number of nitrogens with one attached hydrogen (secondary N) is 1. The van der Waals surface area contributed by atoms with E-state index in [0.29, 0.717) is 6.54 Å². The van der Waals surface area contributed by atoms with Gasteiger partial charge in [0, 0.05) is 12.1 Å². The molecule has 3 N–H and O–H groups in total. The van der Waals surface area contributed by atoms with Gasteiger partial charge in [0.2, 0.25) is 0 Å². The average molecular weight is 262 g/mol. The van der Waals surface area contributed by atoms with Crippen LogP contribution in [0.25, 0.3) is 0 Å². The normalized spacial score (nSPS) is 14.5. The predicted octanol–water partition coefficient (Wildman–Crippen LogP) is 2.51. The number of methoxy groups -OCH3 is 1. The fraction of sp³-hybridized carbons (Fsp3) is 0.500. The molecular formula is C16H26N2O. The van der Waals surface area contributed by atoms with Crippen LogP contribution in [0.4, 0.5) is 0 Å². The van der Waals surface area contributed by atoms with Crippen molar-refractivity contribution in [3.63, 3.8) is 0 Å². The van der Waals surface area contributed by atoms with Gasteiger partial charge in [-0.05, 0) is 50.9 Å². The maximum atomic E-state index is 5.92. The zero-order valence-corrected chi connectivity index (χ0v) is 12.3. The summed E-state index contributed by atoms with van der Waals surface area (Å²) in [4.78, 5) is 0. The van der Waals surface area contributed by atoms with E-state index in [4.69, 9.17) is 10.5 Å². The van der Waals surface area contributed by atoms with E-state index >= 15 is 0 Å². The Bertz CT molecular complexity index is 386. The van der Waals surface area contributed by atoms with Crippen LogP contribution in [0.3, 0.4) is 0 Å². The van der Waals surface area contributed by atoms with Gasteiger partial charge in [-0.2, -0.15) is 0 Å². The van der Waals surface area contributed by atoms with Crippen LogP contribution in [0.5, 0.6) is 5.75 Å². The van der Waals surface area contributed by atoms with Crippen LogP contribution in [-0.4, -0.2) is 25.7 Å². The second-order valence-electron chi connectivity index (χ2n) is 5.07. The largest absolute Gasteiger partial charge is 0.497 e. The SMILES string of the molecule is C/C=C/CCNC(C)(CN)Cc1ccc(OC)cc1. The molecule has 0 bridgehead atoms. The first-order valence-electron chi connectivity index (χ1n) is 6.83. The molecule has 3 heteroatoms. The van der Waals surface area contributed by atoms with Crippen molar-refractivity contribution in [3.05, 3.63) is 42.0 Å². The molecule has 1 atom stereocenters. The first-order valence-corrected chi connectivity index (χ1v) is 6.83. The van der Waals surface area contributed by atoms with E-state index in [1.54, 1.807) is 7.11 Å². The molecular weight excluding hydrogens is 236 g/mol. The first-order chi connectivity index (χ1) is 9.13. The maximum Gasteiger partial charge on any atom is 0.118 e. The number of hydrogen-bond donors (Lipinski definition) is 2. The fourth-order valence-electron chi connectivity index (χ4n) is 2.02. The third-order valence-corrected chi connectivity index (χ3v) is 3.30. The molecule has 3 nitrogen and oxygen atoms in total. The Morgan fingerprint density at radius 2 is 2.00 bits per heavy atom. The van der Waals surface area contributed by atoms with Crippen LogP contribution in [0.1, 0.15) is 25.8 Å². The highest BCUT2D eigenvalue weighted by Gasteiger charge is 2.21. The monoisotopic (exact) mass is 262 g/mol. The number of ether oxygens (including phenoxy) is 1. The lowest BCUT2D eigenvalue weighted by molar-refractivity contribution is 0.365. The summed E-state index contributed by atoms with van der Waals surface area (Å²) in [5.41, 5.74) is 7.13. The van der Waals surface area contributed by atoms with E-state index in [9.17, 15) is 0 Å². The van der Waals surface area contributed by atoms with Crippen molar-refractivity contribution in [1.29, 1.82) is 0 Å². The molecule has 0 spiro atoms. The maximum absolute atomic E-state index is 5.92. The van der Waals surface area contributed by atoms with Crippen molar-refractivity contribution in [2.45, 2.75) is 32.2 Å². The van der Waals surface area contributed by atoms with Crippen molar-refractivity contribution < 1.29 is 4.74 Å². The quantitative estimate of drug-likeness (QED) is 0.559. The molecule has 0 heterocycles. The summed E-state index contributed by atoms with van der Waals surface area (Å²) in [5.74, 6) is 0.888. The number of hydrogen-bond acceptors (Lipinski definition) is 3. The molecule has 19 heavy (non-hydrogen) atoms. The average Bonchev–Trinajstić information content (AvgIpc) is 2.44. The van der Waals surface area contributed by atoms with Gasteiger partial charge in [0.05, 0.1) is 7.11 Å². The molecule has 106 valence electrons. The lowest BCUT2D eigenvalue weighted by Gasteiger charge is -2.29. The molecule has 0 aliphatic rings. The molecule has 1 aromatic carbocycles. The fourth-order valence-corrected chi connectivity index (χ4v) is 2.02. The summed E-state index contributed by atoms with van der Waals surface area (Å²) in [5, 5.41) is 3.55. The van der Waals surface area contributed by atoms with Crippen molar-refractivity contribution in [1.82, 2.24) is 5.32 Å². The zero-order chi connectivity index (χ0) is 14.1. The summed E-state index contributed by atoms with van der Waals surface area (Å²) in [6.07, 6.45) is 6.19. The van der Waals surface area contributed by atoms with Gasteiger partial charge in [-0.25, -0.2) is 0 Å². The molecule has 0 aromatic heterocycles. The molecule has 1 aromatic rings. The Balaban J connectivity index is 2.57. The number of benzene rings is 1. The van der Waals surface area contributed by atoms with Crippen LogP contribution in [0.15, 0.2) is 36.4 Å². The lowest BCUT2D eigenvalue weighted by Crippen LogP contribution is -2.50. The van der Waals surface area contributed by atoms with Gasteiger partial charge in [0.15, 0.2) is 0 Å². The smallest absolute Gasteiger partial charge is 0.118 e. The number of rotatable bonds is 8. The molecule has 1 unspecified atom stereocenters. The first kappa shape index (κ1) is 15.7. The van der Waals surface area contributed by atoms with Crippen molar-refractivity contribution in [3.8, 4) is 5.75 Å². The van der Waals surface area contributed by atoms with Crippen LogP contribution >= 0.6 is 0 Å². The number of nitrogens with two attached hydrogens (primary N) is 1. The topological polar surface area (TPSA) is 47.3 Å². The third kappa shape index (κ3) is 5.45. The molecule has 0 saturated heterocycles. The summed E-state index contributed by atoms with van der Waals surface area (Å²) in [7, 11) is 1.68. The Hall–Kier alpha value is -1.32. The van der Waals surface area contributed by atoms with Crippen LogP contribution < -0.4 is 15.8 Å².